The van der Waals surface area contributed by atoms with E-state index in [0.29, 0.717) is 0 Å². The second kappa shape index (κ2) is 14.9. The zero-order valence-corrected chi connectivity index (χ0v) is 34.0. The van der Waals surface area contributed by atoms with Crippen LogP contribution < -0.4 is 0 Å². The zero-order valence-electron chi connectivity index (χ0n) is 34.0. The highest BCUT2D eigenvalue weighted by molar-refractivity contribution is 6.16. The van der Waals surface area contributed by atoms with Gasteiger partial charge in [0.2, 0.25) is 0 Å². The van der Waals surface area contributed by atoms with Gasteiger partial charge in [-0.05, 0) is 118 Å². The van der Waals surface area contributed by atoms with Crippen LogP contribution in [-0.2, 0) is 0 Å². The van der Waals surface area contributed by atoms with Crippen molar-refractivity contribution >= 4 is 54.3 Å². The highest BCUT2D eigenvalue weighted by atomic mass is 16.3. The minimum absolute atomic E-state index is 0.0833. The van der Waals surface area contributed by atoms with E-state index in [0.717, 1.165) is 27.5 Å². The Morgan fingerprint density at radius 3 is 1.65 bits per heavy atom. The molecule has 0 aliphatic rings. The third kappa shape index (κ3) is 6.09. The van der Waals surface area contributed by atoms with E-state index in [-0.39, 0.29) is 5.92 Å². The Hall–Kier alpha value is -8.00. The van der Waals surface area contributed by atoms with Crippen LogP contribution in [0.5, 0.6) is 0 Å². The monoisotopic (exact) mass is 788 g/mol. The van der Waals surface area contributed by atoms with Crippen LogP contribution in [0.25, 0.3) is 98.8 Å². The Balaban J connectivity index is 1.12. The van der Waals surface area contributed by atoms with Gasteiger partial charge in [0.25, 0.3) is 0 Å². The van der Waals surface area contributed by atoms with E-state index in [9.17, 15) is 0 Å². The van der Waals surface area contributed by atoms with Crippen molar-refractivity contribution in [1.82, 2.24) is 0 Å². The lowest BCUT2D eigenvalue weighted by Crippen LogP contribution is -2.07. The van der Waals surface area contributed by atoms with Gasteiger partial charge in [-0.25, -0.2) is 0 Å². The van der Waals surface area contributed by atoms with Crippen LogP contribution in [-0.4, -0.2) is 0 Å². The molecule has 1 heterocycles. The molecule has 1 aromatic heterocycles. The van der Waals surface area contributed by atoms with Gasteiger partial charge in [-0.3, -0.25) is 0 Å². The van der Waals surface area contributed by atoms with Crippen molar-refractivity contribution in [3.05, 3.63) is 253 Å². The predicted octanol–water partition coefficient (Wildman–Crippen LogP) is 16.9. The summed E-state index contributed by atoms with van der Waals surface area (Å²) in [4.78, 5) is 0. The van der Waals surface area contributed by atoms with Crippen LogP contribution >= 0.6 is 0 Å². The third-order valence-corrected chi connectivity index (χ3v) is 12.8. The second-order valence-electron chi connectivity index (χ2n) is 16.3. The molecule has 0 aliphatic carbocycles. The minimum Gasteiger partial charge on any atom is -0.456 e. The molecule has 0 spiro atoms. The zero-order chi connectivity index (χ0) is 41.0. The quantitative estimate of drug-likeness (QED) is 0.116. The summed E-state index contributed by atoms with van der Waals surface area (Å²) in [7, 11) is 0. The molecule has 1 unspecified atom stereocenters. The molecule has 0 aliphatic heterocycles. The number of rotatable bonds is 7. The number of hydrogen-bond donors (Lipinski definition) is 0. The smallest absolute Gasteiger partial charge is 0.136 e. The molecule has 1 nitrogen and oxygen atoms in total. The van der Waals surface area contributed by atoms with Gasteiger partial charge in [0.15, 0.2) is 0 Å². The maximum Gasteiger partial charge on any atom is 0.136 e. The molecular weight excluding hydrogens is 749 g/mol. The lowest BCUT2D eigenvalue weighted by molar-refractivity contribution is 0.669. The predicted molar refractivity (Wildman–Crippen MR) is 262 cm³/mol. The van der Waals surface area contributed by atoms with Crippen molar-refractivity contribution in [1.29, 1.82) is 0 Å². The average molecular weight is 789 g/mol. The summed E-state index contributed by atoms with van der Waals surface area (Å²) < 4.78 is 6.32. The highest BCUT2D eigenvalue weighted by Crippen LogP contribution is 2.47. The normalized spacial score (nSPS) is 12.1. The fourth-order valence-corrected chi connectivity index (χ4v) is 9.89. The van der Waals surface area contributed by atoms with E-state index in [1.165, 1.54) is 88.0 Å². The highest BCUT2D eigenvalue weighted by Gasteiger charge is 2.25. The van der Waals surface area contributed by atoms with Crippen molar-refractivity contribution in [3.63, 3.8) is 0 Å². The van der Waals surface area contributed by atoms with Crippen LogP contribution in [0.3, 0.4) is 0 Å². The molecule has 62 heavy (non-hydrogen) atoms. The second-order valence-corrected chi connectivity index (χ2v) is 16.3. The van der Waals surface area contributed by atoms with E-state index in [1.807, 2.05) is 6.07 Å². The number of benzene rings is 11. The van der Waals surface area contributed by atoms with E-state index < -0.39 is 0 Å². The van der Waals surface area contributed by atoms with Gasteiger partial charge in [0.1, 0.15) is 11.2 Å². The third-order valence-electron chi connectivity index (χ3n) is 12.8. The first-order valence-electron chi connectivity index (χ1n) is 21.4. The van der Waals surface area contributed by atoms with Gasteiger partial charge in [0, 0.05) is 16.7 Å². The number of furan rings is 1. The maximum absolute atomic E-state index is 6.32. The summed E-state index contributed by atoms with van der Waals surface area (Å²) in [5.74, 6) is -0.0833. The molecular formula is C61H40O. The van der Waals surface area contributed by atoms with Gasteiger partial charge in [-0.2, -0.15) is 0 Å². The van der Waals surface area contributed by atoms with Gasteiger partial charge < -0.3 is 4.42 Å². The number of para-hydroxylation sites is 1. The van der Waals surface area contributed by atoms with Crippen LogP contribution in [0.4, 0.5) is 0 Å². The molecule has 0 amide bonds. The summed E-state index contributed by atoms with van der Waals surface area (Å²) >= 11 is 0. The molecule has 0 bridgehead atoms. The first-order valence-corrected chi connectivity index (χ1v) is 21.4. The molecule has 12 aromatic rings. The summed E-state index contributed by atoms with van der Waals surface area (Å²) in [6.07, 6.45) is 0. The molecule has 0 radical (unpaired) electrons. The molecule has 11 aromatic carbocycles. The molecule has 0 fully saturated rings. The first-order chi connectivity index (χ1) is 30.7. The van der Waals surface area contributed by atoms with Crippen LogP contribution in [0.1, 0.15) is 22.6 Å². The lowest BCUT2D eigenvalue weighted by atomic mass is 9.77. The van der Waals surface area contributed by atoms with Crippen molar-refractivity contribution in [2.75, 3.05) is 0 Å². The van der Waals surface area contributed by atoms with E-state index in [4.69, 9.17) is 4.42 Å². The fourth-order valence-electron chi connectivity index (χ4n) is 9.89. The molecule has 0 N–H and O–H groups in total. The van der Waals surface area contributed by atoms with Gasteiger partial charge in [-0.15, -0.1) is 0 Å². The van der Waals surface area contributed by atoms with Crippen LogP contribution in [0, 0.1) is 0 Å². The Kier molecular flexibility index (Phi) is 8.64. The first kappa shape index (κ1) is 35.9. The average Bonchev–Trinajstić information content (AvgIpc) is 3.74. The topological polar surface area (TPSA) is 13.1 Å². The van der Waals surface area contributed by atoms with Crippen molar-refractivity contribution in [3.8, 4) is 44.5 Å². The van der Waals surface area contributed by atoms with E-state index in [1.54, 1.807) is 0 Å². The Bertz CT molecular complexity index is 3610. The van der Waals surface area contributed by atoms with E-state index in [2.05, 4.69) is 231 Å². The molecule has 1 atom stereocenters. The van der Waals surface area contributed by atoms with Gasteiger partial charge in [-0.1, -0.05) is 212 Å². The largest absolute Gasteiger partial charge is 0.456 e. The molecule has 290 valence electrons. The lowest BCUT2D eigenvalue weighted by Gasteiger charge is -2.26. The van der Waals surface area contributed by atoms with Crippen LogP contribution in [0.15, 0.2) is 241 Å². The molecule has 1 heteroatoms. The molecule has 12 rings (SSSR count). The number of fused-ring (bicyclic) bond motifs is 7. The van der Waals surface area contributed by atoms with Crippen molar-refractivity contribution in [2.45, 2.75) is 5.92 Å². The summed E-state index contributed by atoms with van der Waals surface area (Å²) in [6, 6.07) is 86.7. The summed E-state index contributed by atoms with van der Waals surface area (Å²) in [6.45, 7) is 0. The Morgan fingerprint density at radius 1 is 0.290 bits per heavy atom. The molecule has 0 saturated carbocycles. The maximum atomic E-state index is 6.32. The number of hydrogen-bond acceptors (Lipinski definition) is 1. The van der Waals surface area contributed by atoms with Gasteiger partial charge >= 0.3 is 0 Å². The molecule has 0 saturated heterocycles. The fraction of sp³-hybridized carbons (Fsp3) is 0.0164. The standard InChI is InChI=1S/C61H40O/c1-2-14-40(15-3-1)42-28-33-44(34-29-42)59(45-35-31-43(32-36-45)50-24-13-27-58-61(50)54-22-10-11-26-57(54)62-58)55-25-12-23-51(48-37-30-41-16-4-5-17-46(41)38-48)60(55)56-39-47-18-6-7-19-49(47)52-20-8-9-21-53(52)56/h1-39,59H. The SMILES string of the molecule is c1ccc(-c2ccc(C(c3ccc(-c4cccc5oc6ccccc6c45)cc3)c3cccc(-c4ccc5ccccc5c4)c3-c3cc4ccccc4c4ccccc34)cc2)cc1. The van der Waals surface area contributed by atoms with E-state index >= 15 is 0 Å². The Labute approximate surface area is 360 Å². The van der Waals surface area contributed by atoms with Crippen LogP contribution in [0.2, 0.25) is 0 Å². The van der Waals surface area contributed by atoms with Crippen molar-refractivity contribution < 1.29 is 4.42 Å². The van der Waals surface area contributed by atoms with Gasteiger partial charge in [0.05, 0.1) is 0 Å². The minimum atomic E-state index is -0.0833. The summed E-state index contributed by atoms with van der Waals surface area (Å²) in [5.41, 5.74) is 15.2. The Morgan fingerprint density at radius 2 is 0.855 bits per heavy atom. The summed E-state index contributed by atoms with van der Waals surface area (Å²) in [5, 5.41) is 9.75. The van der Waals surface area contributed by atoms with Crippen molar-refractivity contribution in [2.24, 2.45) is 0 Å².